The first-order valence-electron chi connectivity index (χ1n) is 5.42. The summed E-state index contributed by atoms with van der Waals surface area (Å²) in [4.78, 5) is 4.39. The number of nitrogens with one attached hydrogen (secondary N) is 1. The van der Waals surface area contributed by atoms with Gasteiger partial charge in [0.2, 0.25) is 5.13 Å². The van der Waals surface area contributed by atoms with E-state index in [9.17, 15) is 5.11 Å². The number of hydrogen-bond donors (Lipinski definition) is 2. The van der Waals surface area contributed by atoms with Crippen molar-refractivity contribution in [1.82, 2.24) is 9.36 Å². The molecule has 1 aromatic rings. The molecule has 0 spiro atoms. The van der Waals surface area contributed by atoms with E-state index in [2.05, 4.69) is 14.7 Å². The Hall–Kier alpha value is -0.680. The molecule has 0 aliphatic heterocycles. The van der Waals surface area contributed by atoms with Crippen LogP contribution in [0, 0.1) is 5.92 Å². The second kappa shape index (κ2) is 4.45. The Bertz CT molecular complexity index is 322. The van der Waals surface area contributed by atoms with Gasteiger partial charge in [-0.3, -0.25) is 0 Å². The van der Waals surface area contributed by atoms with Crippen molar-refractivity contribution in [3.8, 4) is 0 Å². The number of anilines is 1. The van der Waals surface area contributed by atoms with Gasteiger partial charge in [0.05, 0.1) is 6.10 Å². The van der Waals surface area contributed by atoms with E-state index in [1.165, 1.54) is 24.4 Å². The van der Waals surface area contributed by atoms with Gasteiger partial charge in [0.1, 0.15) is 5.82 Å². The fourth-order valence-corrected chi connectivity index (χ4v) is 1.89. The summed E-state index contributed by atoms with van der Waals surface area (Å²) in [5.41, 5.74) is 0. The Morgan fingerprint density at radius 2 is 2.27 bits per heavy atom. The normalized spacial score (nSPS) is 18.1. The average molecular weight is 227 g/mol. The summed E-state index contributed by atoms with van der Waals surface area (Å²) in [5.74, 6) is 1.85. The first kappa shape index (κ1) is 10.8. The highest BCUT2D eigenvalue weighted by Gasteiger charge is 2.27. The van der Waals surface area contributed by atoms with Crippen molar-refractivity contribution in [2.75, 3.05) is 11.9 Å². The maximum atomic E-state index is 9.61. The van der Waals surface area contributed by atoms with Crippen LogP contribution in [0.5, 0.6) is 0 Å². The largest absolute Gasteiger partial charge is 0.391 e. The predicted molar refractivity (Wildman–Crippen MR) is 61.2 cm³/mol. The third kappa shape index (κ3) is 2.89. The van der Waals surface area contributed by atoms with Crippen molar-refractivity contribution in [1.29, 1.82) is 0 Å². The van der Waals surface area contributed by atoms with Crippen molar-refractivity contribution >= 4 is 16.7 Å². The van der Waals surface area contributed by atoms with Crippen LogP contribution in [0.15, 0.2) is 0 Å². The van der Waals surface area contributed by atoms with Crippen LogP contribution in [-0.4, -0.2) is 27.1 Å². The molecule has 1 fully saturated rings. The summed E-state index contributed by atoms with van der Waals surface area (Å²) >= 11 is 1.39. The number of aliphatic hydroxyl groups is 1. The maximum Gasteiger partial charge on any atom is 0.202 e. The third-order valence-corrected chi connectivity index (χ3v) is 3.30. The molecule has 1 aromatic heterocycles. The number of hydrogen-bond acceptors (Lipinski definition) is 5. The van der Waals surface area contributed by atoms with Gasteiger partial charge < -0.3 is 10.4 Å². The Kier molecular flexibility index (Phi) is 3.21. The molecule has 2 rings (SSSR count). The number of aromatic nitrogens is 2. The first-order chi connectivity index (χ1) is 7.16. The van der Waals surface area contributed by atoms with Crippen molar-refractivity contribution in [2.24, 2.45) is 5.92 Å². The zero-order valence-electron chi connectivity index (χ0n) is 9.10. The van der Waals surface area contributed by atoms with Crippen LogP contribution in [0.3, 0.4) is 0 Å². The van der Waals surface area contributed by atoms with Crippen LogP contribution >= 0.6 is 11.5 Å². The summed E-state index contributed by atoms with van der Waals surface area (Å²) in [6.45, 7) is 4.56. The quantitative estimate of drug-likeness (QED) is 0.806. The summed E-state index contributed by atoms with van der Waals surface area (Å²) in [6, 6.07) is 0. The van der Waals surface area contributed by atoms with Gasteiger partial charge in [-0.2, -0.15) is 4.37 Å². The van der Waals surface area contributed by atoms with Crippen LogP contribution in [-0.2, 0) is 0 Å². The van der Waals surface area contributed by atoms with E-state index in [0.717, 1.165) is 11.0 Å². The number of nitrogens with zero attached hydrogens (tertiary/aromatic N) is 2. The second-order valence-corrected chi connectivity index (χ2v) is 5.18. The molecule has 84 valence electrons. The molecule has 15 heavy (non-hydrogen) atoms. The van der Waals surface area contributed by atoms with E-state index >= 15 is 0 Å². The van der Waals surface area contributed by atoms with E-state index in [1.54, 1.807) is 0 Å². The molecule has 0 radical (unpaired) electrons. The summed E-state index contributed by atoms with van der Waals surface area (Å²) in [7, 11) is 0. The zero-order valence-corrected chi connectivity index (χ0v) is 9.92. The van der Waals surface area contributed by atoms with Crippen LogP contribution < -0.4 is 5.32 Å². The van der Waals surface area contributed by atoms with Gasteiger partial charge in [0.25, 0.3) is 0 Å². The highest BCUT2D eigenvalue weighted by Crippen LogP contribution is 2.39. The molecule has 1 aliphatic carbocycles. The first-order valence-corrected chi connectivity index (χ1v) is 6.19. The SMILES string of the molecule is CC(C)C(O)CNc1nc(C2CC2)ns1. The molecule has 1 atom stereocenters. The van der Waals surface area contributed by atoms with Gasteiger partial charge in [-0.15, -0.1) is 0 Å². The highest BCUT2D eigenvalue weighted by atomic mass is 32.1. The molecule has 0 saturated heterocycles. The fraction of sp³-hybridized carbons (Fsp3) is 0.800. The van der Waals surface area contributed by atoms with Crippen LogP contribution in [0.4, 0.5) is 5.13 Å². The Labute approximate surface area is 93.9 Å². The standard InChI is InChI=1S/C10H17N3OS/c1-6(2)8(14)5-11-10-12-9(13-15-10)7-3-4-7/h6-8,14H,3-5H2,1-2H3,(H,11,12,13). The molecule has 0 amide bonds. The number of aliphatic hydroxyl groups excluding tert-OH is 1. The minimum atomic E-state index is -0.321. The van der Waals surface area contributed by atoms with Gasteiger partial charge in [-0.25, -0.2) is 4.98 Å². The van der Waals surface area contributed by atoms with Crippen LogP contribution in [0.2, 0.25) is 0 Å². The maximum absolute atomic E-state index is 9.61. The molecule has 2 N–H and O–H groups in total. The topological polar surface area (TPSA) is 58.0 Å². The lowest BCUT2D eigenvalue weighted by Gasteiger charge is -2.13. The predicted octanol–water partition coefficient (Wildman–Crippen LogP) is 1.84. The molecular weight excluding hydrogens is 210 g/mol. The summed E-state index contributed by atoms with van der Waals surface area (Å²) in [5, 5.41) is 13.6. The third-order valence-electron chi connectivity index (χ3n) is 2.62. The van der Waals surface area contributed by atoms with Gasteiger partial charge in [-0.05, 0) is 18.8 Å². The van der Waals surface area contributed by atoms with Gasteiger partial charge in [0, 0.05) is 24.0 Å². The second-order valence-electron chi connectivity index (χ2n) is 4.42. The molecule has 0 aromatic carbocycles. The fourth-order valence-electron chi connectivity index (χ4n) is 1.24. The summed E-state index contributed by atoms with van der Waals surface area (Å²) in [6.07, 6.45) is 2.13. The van der Waals surface area contributed by atoms with Gasteiger partial charge in [-0.1, -0.05) is 13.8 Å². The molecule has 4 nitrogen and oxygen atoms in total. The highest BCUT2D eigenvalue weighted by molar-refractivity contribution is 7.09. The van der Waals surface area contributed by atoms with E-state index in [4.69, 9.17) is 0 Å². The van der Waals surface area contributed by atoms with Crippen LogP contribution in [0.25, 0.3) is 0 Å². The molecule has 1 aliphatic rings. The number of rotatable bonds is 5. The summed E-state index contributed by atoms with van der Waals surface area (Å²) < 4.78 is 4.29. The lowest BCUT2D eigenvalue weighted by atomic mass is 10.1. The lowest BCUT2D eigenvalue weighted by Crippen LogP contribution is -2.24. The Morgan fingerprint density at radius 1 is 1.53 bits per heavy atom. The van der Waals surface area contributed by atoms with Crippen molar-refractivity contribution < 1.29 is 5.11 Å². The Morgan fingerprint density at radius 3 is 2.87 bits per heavy atom. The van der Waals surface area contributed by atoms with Crippen LogP contribution in [0.1, 0.15) is 38.4 Å². The van der Waals surface area contributed by atoms with E-state index in [1.807, 2.05) is 13.8 Å². The minimum Gasteiger partial charge on any atom is -0.391 e. The lowest BCUT2D eigenvalue weighted by molar-refractivity contribution is 0.138. The van der Waals surface area contributed by atoms with Crippen molar-refractivity contribution in [3.63, 3.8) is 0 Å². The zero-order chi connectivity index (χ0) is 10.8. The van der Waals surface area contributed by atoms with E-state index in [0.29, 0.717) is 12.5 Å². The molecule has 1 saturated carbocycles. The van der Waals surface area contributed by atoms with Crippen molar-refractivity contribution in [3.05, 3.63) is 5.82 Å². The van der Waals surface area contributed by atoms with E-state index < -0.39 is 0 Å². The minimum absolute atomic E-state index is 0.272. The molecule has 1 unspecified atom stereocenters. The monoisotopic (exact) mass is 227 g/mol. The average Bonchev–Trinajstić information content (AvgIpc) is 2.95. The smallest absolute Gasteiger partial charge is 0.202 e. The molecule has 0 bridgehead atoms. The molecular formula is C10H17N3OS. The van der Waals surface area contributed by atoms with E-state index in [-0.39, 0.29) is 12.0 Å². The molecule has 5 heteroatoms. The molecule has 1 heterocycles. The van der Waals surface area contributed by atoms with Gasteiger partial charge >= 0.3 is 0 Å². The Balaban J connectivity index is 1.82. The van der Waals surface area contributed by atoms with Crippen molar-refractivity contribution in [2.45, 2.75) is 38.7 Å². The van der Waals surface area contributed by atoms with Gasteiger partial charge in [0.15, 0.2) is 0 Å².